The molecule has 2 amide bonds. The first-order valence-corrected chi connectivity index (χ1v) is 6.77. The molecule has 0 saturated heterocycles. The van der Waals surface area contributed by atoms with Crippen molar-refractivity contribution in [3.8, 4) is 0 Å². The van der Waals surface area contributed by atoms with Crippen LogP contribution in [0.1, 0.15) is 15.9 Å². The van der Waals surface area contributed by atoms with Crippen LogP contribution in [-0.4, -0.2) is 18.0 Å². The van der Waals surface area contributed by atoms with Gasteiger partial charge in [-0.05, 0) is 29.8 Å². The summed E-state index contributed by atoms with van der Waals surface area (Å²) in [6.07, 6.45) is -4.99. The van der Waals surface area contributed by atoms with Crippen LogP contribution in [0.15, 0.2) is 48.5 Å². The number of benzene rings is 2. The summed E-state index contributed by atoms with van der Waals surface area (Å²) in [5.74, 6) is -3.42. The van der Waals surface area contributed by atoms with Gasteiger partial charge in [0.1, 0.15) is 5.82 Å². The second kappa shape index (κ2) is 7.12. The van der Waals surface area contributed by atoms with E-state index in [1.807, 2.05) is 0 Å². The summed E-state index contributed by atoms with van der Waals surface area (Å²) in [6, 6.07) is 10.9. The minimum atomic E-state index is -4.99. The molecule has 126 valence electrons. The topological polar surface area (TPSA) is 58.2 Å². The van der Waals surface area contributed by atoms with Crippen molar-refractivity contribution in [2.45, 2.75) is 12.7 Å². The van der Waals surface area contributed by atoms with Gasteiger partial charge in [-0.2, -0.15) is 13.2 Å². The molecule has 8 heteroatoms. The van der Waals surface area contributed by atoms with Gasteiger partial charge in [-0.3, -0.25) is 9.59 Å². The summed E-state index contributed by atoms with van der Waals surface area (Å²) in [6.45, 7) is -0.0388. The number of halogens is 4. The zero-order chi connectivity index (χ0) is 17.7. The Morgan fingerprint density at radius 3 is 2.38 bits per heavy atom. The maximum absolute atomic E-state index is 13.5. The lowest BCUT2D eigenvalue weighted by molar-refractivity contribution is -0.167. The number of rotatable bonds is 4. The Balaban J connectivity index is 2.01. The monoisotopic (exact) mass is 340 g/mol. The summed E-state index contributed by atoms with van der Waals surface area (Å²) >= 11 is 0. The Labute approximate surface area is 134 Å². The standard InChI is InChI=1S/C16H12F4N2O2/c17-13-7-2-1-6-12(13)14(23)21-9-10-4-3-5-11(8-10)22-15(24)16(18,19)20/h1-8H,9H2,(H,21,23)(H,22,24). The second-order valence-electron chi connectivity index (χ2n) is 4.81. The summed E-state index contributed by atoms with van der Waals surface area (Å²) in [5, 5.41) is 4.17. The summed E-state index contributed by atoms with van der Waals surface area (Å²) in [5.41, 5.74) is 0.244. The van der Waals surface area contributed by atoms with Crippen molar-refractivity contribution in [1.29, 1.82) is 0 Å². The zero-order valence-corrected chi connectivity index (χ0v) is 12.2. The van der Waals surface area contributed by atoms with Gasteiger partial charge in [0, 0.05) is 12.2 Å². The summed E-state index contributed by atoms with van der Waals surface area (Å²) in [4.78, 5) is 22.7. The summed E-state index contributed by atoms with van der Waals surface area (Å²) in [7, 11) is 0. The maximum Gasteiger partial charge on any atom is 0.471 e. The molecule has 2 aromatic rings. The predicted octanol–water partition coefficient (Wildman–Crippen LogP) is 3.26. The molecule has 0 heterocycles. The molecule has 0 aliphatic heterocycles. The van der Waals surface area contributed by atoms with Crippen LogP contribution in [0.25, 0.3) is 0 Å². The van der Waals surface area contributed by atoms with Gasteiger partial charge in [-0.25, -0.2) is 4.39 Å². The van der Waals surface area contributed by atoms with Crippen LogP contribution in [0.3, 0.4) is 0 Å². The highest BCUT2D eigenvalue weighted by Crippen LogP contribution is 2.19. The van der Waals surface area contributed by atoms with E-state index in [0.29, 0.717) is 5.56 Å². The van der Waals surface area contributed by atoms with Gasteiger partial charge < -0.3 is 10.6 Å². The highest BCUT2D eigenvalue weighted by molar-refractivity contribution is 5.95. The van der Waals surface area contributed by atoms with Crippen molar-refractivity contribution < 1.29 is 27.2 Å². The lowest BCUT2D eigenvalue weighted by Crippen LogP contribution is -2.30. The van der Waals surface area contributed by atoms with E-state index >= 15 is 0 Å². The number of hydrogen-bond acceptors (Lipinski definition) is 2. The van der Waals surface area contributed by atoms with Crippen LogP contribution in [0.2, 0.25) is 0 Å². The van der Waals surface area contributed by atoms with Gasteiger partial charge in [0.2, 0.25) is 0 Å². The Bertz CT molecular complexity index is 760. The molecule has 2 aromatic carbocycles. The van der Waals surface area contributed by atoms with E-state index in [2.05, 4.69) is 5.32 Å². The minimum absolute atomic E-state index is 0.0388. The van der Waals surface area contributed by atoms with Gasteiger partial charge in [-0.1, -0.05) is 24.3 Å². The fraction of sp³-hybridized carbons (Fsp3) is 0.125. The highest BCUT2D eigenvalue weighted by Gasteiger charge is 2.38. The van der Waals surface area contributed by atoms with E-state index in [-0.39, 0.29) is 17.8 Å². The van der Waals surface area contributed by atoms with Gasteiger partial charge in [0.05, 0.1) is 5.56 Å². The van der Waals surface area contributed by atoms with Gasteiger partial charge >= 0.3 is 12.1 Å². The number of alkyl halides is 3. The number of carbonyl (C=O) groups excluding carboxylic acids is 2. The Morgan fingerprint density at radius 1 is 1.00 bits per heavy atom. The van der Waals surface area contributed by atoms with Crippen LogP contribution in [0.5, 0.6) is 0 Å². The molecular formula is C16H12F4N2O2. The molecule has 24 heavy (non-hydrogen) atoms. The molecule has 0 radical (unpaired) electrons. The molecule has 2 rings (SSSR count). The molecule has 0 aromatic heterocycles. The van der Waals surface area contributed by atoms with Gasteiger partial charge in [-0.15, -0.1) is 0 Å². The molecular weight excluding hydrogens is 328 g/mol. The molecule has 0 bridgehead atoms. The van der Waals surface area contributed by atoms with Crippen molar-refractivity contribution in [2.24, 2.45) is 0 Å². The Morgan fingerprint density at radius 2 is 1.71 bits per heavy atom. The number of anilines is 1. The summed E-state index contributed by atoms with van der Waals surface area (Å²) < 4.78 is 50.1. The first-order valence-electron chi connectivity index (χ1n) is 6.77. The predicted molar refractivity (Wildman–Crippen MR) is 78.7 cm³/mol. The van der Waals surface area contributed by atoms with Crippen LogP contribution in [-0.2, 0) is 11.3 Å². The van der Waals surface area contributed by atoms with Crippen LogP contribution < -0.4 is 10.6 Å². The molecule has 0 spiro atoms. The third-order valence-corrected chi connectivity index (χ3v) is 3.01. The van der Waals surface area contributed by atoms with Crippen molar-refractivity contribution >= 4 is 17.5 Å². The van der Waals surface area contributed by atoms with E-state index < -0.39 is 23.8 Å². The quantitative estimate of drug-likeness (QED) is 0.840. The second-order valence-corrected chi connectivity index (χ2v) is 4.81. The third kappa shape index (κ3) is 4.55. The smallest absolute Gasteiger partial charge is 0.348 e. The van der Waals surface area contributed by atoms with E-state index in [9.17, 15) is 27.2 Å². The van der Waals surface area contributed by atoms with E-state index in [4.69, 9.17) is 0 Å². The molecule has 0 unspecified atom stereocenters. The number of hydrogen-bond donors (Lipinski definition) is 2. The van der Waals surface area contributed by atoms with E-state index in [0.717, 1.165) is 6.07 Å². The molecule has 0 saturated carbocycles. The maximum atomic E-state index is 13.5. The normalized spacial score (nSPS) is 11.0. The molecule has 4 nitrogen and oxygen atoms in total. The molecule has 0 aliphatic rings. The Hall–Kier alpha value is -2.90. The van der Waals surface area contributed by atoms with Crippen molar-refractivity contribution in [3.05, 3.63) is 65.5 Å². The van der Waals surface area contributed by atoms with Crippen LogP contribution >= 0.6 is 0 Å². The number of carbonyl (C=O) groups is 2. The molecule has 0 atom stereocenters. The van der Waals surface area contributed by atoms with E-state index in [1.165, 1.54) is 36.4 Å². The Kier molecular flexibility index (Phi) is 5.18. The van der Waals surface area contributed by atoms with Gasteiger partial charge in [0.25, 0.3) is 5.91 Å². The van der Waals surface area contributed by atoms with Gasteiger partial charge in [0.15, 0.2) is 0 Å². The van der Waals surface area contributed by atoms with Crippen molar-refractivity contribution in [1.82, 2.24) is 5.32 Å². The average Bonchev–Trinajstić information content (AvgIpc) is 2.52. The fourth-order valence-corrected chi connectivity index (χ4v) is 1.88. The first-order chi connectivity index (χ1) is 11.3. The molecule has 0 fully saturated rings. The SMILES string of the molecule is O=C(NCc1cccc(NC(=O)C(F)(F)F)c1)c1ccccc1F. The van der Waals surface area contributed by atoms with Crippen molar-refractivity contribution in [3.63, 3.8) is 0 Å². The fourth-order valence-electron chi connectivity index (χ4n) is 1.88. The number of nitrogens with one attached hydrogen (secondary N) is 2. The molecule has 0 aliphatic carbocycles. The third-order valence-electron chi connectivity index (χ3n) is 3.01. The first kappa shape index (κ1) is 17.5. The average molecular weight is 340 g/mol. The lowest BCUT2D eigenvalue weighted by Gasteiger charge is -2.10. The largest absolute Gasteiger partial charge is 0.471 e. The van der Waals surface area contributed by atoms with Crippen LogP contribution in [0.4, 0.5) is 23.2 Å². The van der Waals surface area contributed by atoms with Crippen molar-refractivity contribution in [2.75, 3.05) is 5.32 Å². The molecule has 2 N–H and O–H groups in total. The highest BCUT2D eigenvalue weighted by atomic mass is 19.4. The number of amides is 2. The lowest BCUT2D eigenvalue weighted by atomic mass is 10.1. The zero-order valence-electron chi connectivity index (χ0n) is 12.2. The minimum Gasteiger partial charge on any atom is -0.348 e. The van der Waals surface area contributed by atoms with E-state index in [1.54, 1.807) is 11.4 Å². The van der Waals surface area contributed by atoms with Crippen LogP contribution in [0, 0.1) is 5.82 Å².